The van der Waals surface area contributed by atoms with Gasteiger partial charge in [0.25, 0.3) is 0 Å². The van der Waals surface area contributed by atoms with Crippen LogP contribution in [0.5, 0.6) is 0 Å². The second-order valence-electron chi connectivity index (χ2n) is 4.78. The van der Waals surface area contributed by atoms with Gasteiger partial charge in [-0.2, -0.15) is 0 Å². The average molecular weight is 265 g/mol. The fourth-order valence-electron chi connectivity index (χ4n) is 2.28. The van der Waals surface area contributed by atoms with Crippen LogP contribution in [0.2, 0.25) is 0 Å². The number of thiocarbonyl (C=S) groups is 1. The molecule has 0 aliphatic carbocycles. The predicted octanol–water partition coefficient (Wildman–Crippen LogP) is 2.10. The maximum atomic E-state index is 5.80. The highest BCUT2D eigenvalue weighted by atomic mass is 32.1. The van der Waals surface area contributed by atoms with Gasteiger partial charge in [-0.3, -0.25) is 0 Å². The van der Waals surface area contributed by atoms with E-state index in [-0.39, 0.29) is 0 Å². The van der Waals surface area contributed by atoms with Crippen LogP contribution >= 0.6 is 12.2 Å². The van der Waals surface area contributed by atoms with Crippen molar-refractivity contribution in [2.75, 3.05) is 32.1 Å². The Morgan fingerprint density at radius 2 is 1.94 bits per heavy atom. The Morgan fingerprint density at radius 3 is 2.44 bits per heavy atom. The van der Waals surface area contributed by atoms with Gasteiger partial charge in [0.05, 0.1) is 0 Å². The lowest BCUT2D eigenvalue weighted by Gasteiger charge is -2.33. The maximum absolute atomic E-state index is 5.80. The molecule has 3 nitrogen and oxygen atoms in total. The zero-order chi connectivity index (χ0) is 13.7. The van der Waals surface area contributed by atoms with Crippen LogP contribution in [0.1, 0.15) is 19.4 Å². The maximum Gasteiger partial charge on any atom is 0.106 e. The second kappa shape index (κ2) is 6.71. The van der Waals surface area contributed by atoms with Crippen LogP contribution in [0.15, 0.2) is 24.3 Å². The fourth-order valence-corrected chi connectivity index (χ4v) is 2.45. The smallest absolute Gasteiger partial charge is 0.106 e. The molecule has 0 bridgehead atoms. The molecule has 1 rings (SSSR count). The molecule has 1 atom stereocenters. The summed E-state index contributed by atoms with van der Waals surface area (Å²) in [7, 11) is 4.17. The minimum Gasteiger partial charge on any atom is -0.389 e. The third-order valence-electron chi connectivity index (χ3n) is 2.98. The first-order valence-corrected chi connectivity index (χ1v) is 6.68. The number of likely N-dealkylation sites (N-methyl/N-ethyl adjacent to an activating group) is 2. The van der Waals surface area contributed by atoms with Crippen molar-refractivity contribution >= 4 is 22.9 Å². The highest BCUT2D eigenvalue weighted by Crippen LogP contribution is 2.22. The van der Waals surface area contributed by atoms with Gasteiger partial charge in [-0.15, -0.1) is 0 Å². The Labute approximate surface area is 116 Å². The molecule has 0 amide bonds. The van der Waals surface area contributed by atoms with Crippen LogP contribution in [0.3, 0.4) is 0 Å². The van der Waals surface area contributed by atoms with E-state index in [1.807, 2.05) is 18.2 Å². The van der Waals surface area contributed by atoms with E-state index in [9.17, 15) is 0 Å². The summed E-state index contributed by atoms with van der Waals surface area (Å²) in [5, 5.41) is 0. The Balaban J connectivity index is 3.05. The van der Waals surface area contributed by atoms with Gasteiger partial charge in [0, 0.05) is 30.4 Å². The van der Waals surface area contributed by atoms with Crippen LogP contribution in [0.4, 0.5) is 5.69 Å². The van der Waals surface area contributed by atoms with E-state index in [2.05, 4.69) is 43.8 Å². The first kappa shape index (κ1) is 14.9. The summed E-state index contributed by atoms with van der Waals surface area (Å²) in [6.07, 6.45) is 0. The monoisotopic (exact) mass is 265 g/mol. The molecule has 0 aromatic heterocycles. The minimum absolute atomic E-state index is 0.417. The Kier molecular flexibility index (Phi) is 5.56. The molecular weight excluding hydrogens is 242 g/mol. The predicted molar refractivity (Wildman–Crippen MR) is 83.4 cm³/mol. The van der Waals surface area contributed by atoms with Crippen molar-refractivity contribution in [3.05, 3.63) is 29.8 Å². The summed E-state index contributed by atoms with van der Waals surface area (Å²) in [5.74, 6) is 0. The third-order valence-corrected chi connectivity index (χ3v) is 3.20. The molecule has 1 aromatic carbocycles. The summed E-state index contributed by atoms with van der Waals surface area (Å²) < 4.78 is 0. The van der Waals surface area contributed by atoms with Gasteiger partial charge in [-0.25, -0.2) is 0 Å². The SMILES string of the molecule is CCN(c1ccccc1C(N)=S)C(C)CN(C)C. The van der Waals surface area contributed by atoms with E-state index in [1.54, 1.807) is 0 Å². The molecule has 0 radical (unpaired) electrons. The Bertz CT molecular complexity index is 404. The van der Waals surface area contributed by atoms with Gasteiger partial charge in [-0.1, -0.05) is 24.4 Å². The van der Waals surface area contributed by atoms with Crippen LogP contribution < -0.4 is 10.6 Å². The van der Waals surface area contributed by atoms with E-state index >= 15 is 0 Å². The fraction of sp³-hybridized carbons (Fsp3) is 0.500. The molecule has 0 heterocycles. The number of rotatable bonds is 6. The van der Waals surface area contributed by atoms with Crippen LogP contribution in [0.25, 0.3) is 0 Å². The van der Waals surface area contributed by atoms with Crippen molar-refractivity contribution in [1.82, 2.24) is 4.90 Å². The molecule has 0 fully saturated rings. The summed E-state index contributed by atoms with van der Waals surface area (Å²) in [5.41, 5.74) is 7.89. The molecule has 0 spiro atoms. The largest absolute Gasteiger partial charge is 0.389 e. The van der Waals surface area contributed by atoms with E-state index in [4.69, 9.17) is 18.0 Å². The normalized spacial score (nSPS) is 12.5. The second-order valence-corrected chi connectivity index (χ2v) is 5.22. The lowest BCUT2D eigenvalue weighted by molar-refractivity contribution is 0.373. The quantitative estimate of drug-likeness (QED) is 0.798. The first-order valence-electron chi connectivity index (χ1n) is 6.27. The Hall–Kier alpha value is -1.13. The molecule has 4 heteroatoms. The summed E-state index contributed by atoms with van der Waals surface area (Å²) in [4.78, 5) is 4.99. The van der Waals surface area contributed by atoms with Gasteiger partial charge >= 0.3 is 0 Å². The Morgan fingerprint density at radius 1 is 1.33 bits per heavy atom. The van der Waals surface area contributed by atoms with Gasteiger partial charge in [0.1, 0.15) is 4.99 Å². The van der Waals surface area contributed by atoms with Crippen LogP contribution in [-0.2, 0) is 0 Å². The number of anilines is 1. The highest BCUT2D eigenvalue weighted by Gasteiger charge is 2.17. The molecule has 0 aliphatic heterocycles. The molecule has 2 N–H and O–H groups in total. The molecule has 0 saturated carbocycles. The number of nitrogens with zero attached hydrogens (tertiary/aromatic N) is 2. The zero-order valence-electron chi connectivity index (χ0n) is 11.7. The average Bonchev–Trinajstić information content (AvgIpc) is 2.29. The number of benzene rings is 1. The van der Waals surface area contributed by atoms with E-state index in [1.165, 1.54) is 0 Å². The highest BCUT2D eigenvalue weighted by molar-refractivity contribution is 7.80. The molecule has 0 saturated heterocycles. The van der Waals surface area contributed by atoms with Gasteiger partial charge in [0.15, 0.2) is 0 Å². The van der Waals surface area contributed by atoms with Gasteiger partial charge in [-0.05, 0) is 40.1 Å². The number of hydrogen-bond acceptors (Lipinski definition) is 3. The summed E-state index contributed by atoms with van der Waals surface area (Å²) >= 11 is 5.13. The molecule has 100 valence electrons. The lowest BCUT2D eigenvalue weighted by Crippen LogP contribution is -2.41. The van der Waals surface area contributed by atoms with Crippen LogP contribution in [-0.4, -0.2) is 43.1 Å². The van der Waals surface area contributed by atoms with Crippen molar-refractivity contribution in [1.29, 1.82) is 0 Å². The molecule has 1 unspecified atom stereocenters. The topological polar surface area (TPSA) is 32.5 Å². The van der Waals surface area contributed by atoms with Gasteiger partial charge in [0.2, 0.25) is 0 Å². The standard InChI is InChI=1S/C14H23N3S/c1-5-17(11(2)10-16(3)4)13-9-7-6-8-12(13)14(15)18/h6-9,11H,5,10H2,1-4H3,(H2,15,18). The molecule has 1 aromatic rings. The van der Waals surface area contributed by atoms with Crippen molar-refractivity contribution in [2.45, 2.75) is 19.9 Å². The third kappa shape index (κ3) is 3.68. The van der Waals surface area contributed by atoms with Crippen molar-refractivity contribution in [3.63, 3.8) is 0 Å². The van der Waals surface area contributed by atoms with E-state index in [0.29, 0.717) is 11.0 Å². The summed E-state index contributed by atoms with van der Waals surface area (Å²) in [6, 6.07) is 8.50. The van der Waals surface area contributed by atoms with Crippen LogP contribution in [0, 0.1) is 0 Å². The van der Waals surface area contributed by atoms with Crippen molar-refractivity contribution in [2.24, 2.45) is 5.73 Å². The number of para-hydroxylation sites is 1. The molecular formula is C14H23N3S. The first-order chi connectivity index (χ1) is 8.47. The summed E-state index contributed by atoms with van der Waals surface area (Å²) in [6.45, 7) is 6.32. The number of nitrogens with two attached hydrogens (primary N) is 1. The lowest BCUT2D eigenvalue weighted by atomic mass is 10.1. The van der Waals surface area contributed by atoms with Crippen molar-refractivity contribution in [3.8, 4) is 0 Å². The number of hydrogen-bond donors (Lipinski definition) is 1. The van der Waals surface area contributed by atoms with E-state index in [0.717, 1.165) is 24.3 Å². The zero-order valence-corrected chi connectivity index (χ0v) is 12.5. The molecule has 0 aliphatic rings. The van der Waals surface area contributed by atoms with Gasteiger partial charge < -0.3 is 15.5 Å². The minimum atomic E-state index is 0.417. The van der Waals surface area contributed by atoms with E-state index < -0.39 is 0 Å². The molecule has 18 heavy (non-hydrogen) atoms. The van der Waals surface area contributed by atoms with Crippen molar-refractivity contribution < 1.29 is 0 Å².